The van der Waals surface area contributed by atoms with Gasteiger partial charge in [-0.15, -0.1) is 0 Å². The third-order valence-corrected chi connectivity index (χ3v) is 6.42. The standard InChI is InChI=1S/C26H25ClFNO6/c1-15(26(32)29-9-3-4-16(14-29)10-24(30)33-2)34-18-6-8-20-21(13-25(31)35-23(20)12-18)19-7-5-17(28)11-22(19)27/h5-8,11-13,15-16H,3-4,9-10,14H2,1-2H3/t15-,16+/m1/s1. The predicted octanol–water partition coefficient (Wildman–Crippen LogP) is 4.82. The molecule has 9 heteroatoms. The number of amides is 1. The zero-order chi connectivity index (χ0) is 25.1. The molecule has 2 aromatic carbocycles. The van der Waals surface area contributed by atoms with Gasteiger partial charge in [-0.3, -0.25) is 9.59 Å². The summed E-state index contributed by atoms with van der Waals surface area (Å²) in [6.45, 7) is 2.72. The number of nitrogens with zero attached hydrogens (tertiary/aromatic N) is 1. The molecule has 1 aromatic heterocycles. The number of carbonyl (C=O) groups excluding carboxylic acids is 2. The van der Waals surface area contributed by atoms with Crippen LogP contribution in [0.4, 0.5) is 4.39 Å². The summed E-state index contributed by atoms with van der Waals surface area (Å²) in [6.07, 6.45) is 1.15. The number of ether oxygens (including phenoxy) is 2. The van der Waals surface area contributed by atoms with Gasteiger partial charge in [0.25, 0.3) is 5.91 Å². The molecule has 0 N–H and O–H groups in total. The molecule has 0 aliphatic carbocycles. The van der Waals surface area contributed by atoms with Crippen LogP contribution in [0.5, 0.6) is 5.75 Å². The molecular formula is C26H25ClFNO6. The lowest BCUT2D eigenvalue weighted by Gasteiger charge is -2.33. The van der Waals surface area contributed by atoms with Crippen molar-refractivity contribution in [3.8, 4) is 16.9 Å². The van der Waals surface area contributed by atoms with Gasteiger partial charge in [0, 0.05) is 48.2 Å². The molecule has 4 rings (SSSR count). The third-order valence-electron chi connectivity index (χ3n) is 6.11. The normalized spacial score (nSPS) is 16.7. The van der Waals surface area contributed by atoms with Crippen molar-refractivity contribution in [1.82, 2.24) is 4.90 Å². The fraction of sp³-hybridized carbons (Fsp3) is 0.346. The summed E-state index contributed by atoms with van der Waals surface area (Å²) in [6, 6.07) is 10.2. The van der Waals surface area contributed by atoms with Crippen LogP contribution in [0.3, 0.4) is 0 Å². The van der Waals surface area contributed by atoms with E-state index in [-0.39, 0.29) is 34.8 Å². The molecule has 2 heterocycles. The van der Waals surface area contributed by atoms with Crippen molar-refractivity contribution in [1.29, 1.82) is 0 Å². The monoisotopic (exact) mass is 501 g/mol. The summed E-state index contributed by atoms with van der Waals surface area (Å²) in [5.74, 6) is -0.544. The molecule has 0 spiro atoms. The first-order valence-electron chi connectivity index (χ1n) is 11.3. The number of hydrogen-bond donors (Lipinski definition) is 0. The van der Waals surface area contributed by atoms with Crippen LogP contribution in [0, 0.1) is 11.7 Å². The molecule has 184 valence electrons. The largest absolute Gasteiger partial charge is 0.481 e. The smallest absolute Gasteiger partial charge is 0.336 e. The van der Waals surface area contributed by atoms with Crippen LogP contribution in [-0.4, -0.2) is 43.1 Å². The number of piperidine rings is 1. The van der Waals surface area contributed by atoms with Gasteiger partial charge in [0.1, 0.15) is 17.1 Å². The third kappa shape index (κ3) is 5.65. The summed E-state index contributed by atoms with van der Waals surface area (Å²) in [7, 11) is 1.35. The highest BCUT2D eigenvalue weighted by Crippen LogP contribution is 2.34. The minimum absolute atomic E-state index is 0.0546. The average molecular weight is 502 g/mol. The molecule has 1 saturated heterocycles. The Morgan fingerprint density at radius 3 is 2.74 bits per heavy atom. The minimum Gasteiger partial charge on any atom is -0.481 e. The Labute approximate surface area is 206 Å². The number of benzene rings is 2. The highest BCUT2D eigenvalue weighted by molar-refractivity contribution is 6.33. The van der Waals surface area contributed by atoms with Crippen LogP contribution in [0.1, 0.15) is 26.2 Å². The van der Waals surface area contributed by atoms with Crippen molar-refractivity contribution in [2.24, 2.45) is 5.92 Å². The first-order chi connectivity index (χ1) is 16.7. The Morgan fingerprint density at radius 1 is 1.20 bits per heavy atom. The highest BCUT2D eigenvalue weighted by atomic mass is 35.5. The summed E-state index contributed by atoms with van der Waals surface area (Å²) >= 11 is 6.21. The molecule has 0 radical (unpaired) electrons. The number of carbonyl (C=O) groups is 2. The fourth-order valence-electron chi connectivity index (χ4n) is 4.41. The van der Waals surface area contributed by atoms with Crippen LogP contribution in [0.15, 0.2) is 51.7 Å². The van der Waals surface area contributed by atoms with Crippen molar-refractivity contribution in [3.05, 3.63) is 63.7 Å². The van der Waals surface area contributed by atoms with E-state index < -0.39 is 17.5 Å². The van der Waals surface area contributed by atoms with Gasteiger partial charge >= 0.3 is 11.6 Å². The maximum absolute atomic E-state index is 13.5. The summed E-state index contributed by atoms with van der Waals surface area (Å²) < 4.78 is 29.5. The van der Waals surface area contributed by atoms with Crippen LogP contribution in [0.25, 0.3) is 22.1 Å². The number of halogens is 2. The van der Waals surface area contributed by atoms with Gasteiger partial charge in [-0.25, -0.2) is 9.18 Å². The van der Waals surface area contributed by atoms with Gasteiger partial charge in [-0.05, 0) is 56.0 Å². The van der Waals surface area contributed by atoms with Crippen molar-refractivity contribution in [2.45, 2.75) is 32.3 Å². The molecule has 1 amide bonds. The Kier molecular flexibility index (Phi) is 7.40. The molecule has 35 heavy (non-hydrogen) atoms. The Bertz CT molecular complexity index is 1320. The van der Waals surface area contributed by atoms with Gasteiger partial charge in [-0.1, -0.05) is 11.6 Å². The topological polar surface area (TPSA) is 86.0 Å². The lowest BCUT2D eigenvalue weighted by molar-refractivity contribution is -0.145. The van der Waals surface area contributed by atoms with E-state index in [2.05, 4.69) is 0 Å². The number of esters is 1. The highest BCUT2D eigenvalue weighted by Gasteiger charge is 2.29. The van der Waals surface area contributed by atoms with E-state index in [0.29, 0.717) is 35.4 Å². The predicted molar refractivity (Wildman–Crippen MR) is 129 cm³/mol. The van der Waals surface area contributed by atoms with Gasteiger partial charge in [0.05, 0.1) is 12.1 Å². The average Bonchev–Trinajstić information content (AvgIpc) is 2.83. The molecule has 1 fully saturated rings. The Morgan fingerprint density at radius 2 is 2.00 bits per heavy atom. The fourth-order valence-corrected chi connectivity index (χ4v) is 4.68. The second-order valence-electron chi connectivity index (χ2n) is 8.59. The first-order valence-corrected chi connectivity index (χ1v) is 11.7. The van der Waals surface area contributed by atoms with Crippen molar-refractivity contribution >= 4 is 34.4 Å². The summed E-state index contributed by atoms with van der Waals surface area (Å²) in [5.41, 5.74) is 0.650. The zero-order valence-electron chi connectivity index (χ0n) is 19.4. The lowest BCUT2D eigenvalue weighted by atomic mass is 9.94. The molecule has 0 saturated carbocycles. The maximum atomic E-state index is 13.5. The molecule has 2 atom stereocenters. The van der Waals surface area contributed by atoms with Gasteiger partial charge < -0.3 is 18.8 Å². The molecule has 0 bridgehead atoms. The van der Waals surface area contributed by atoms with Gasteiger partial charge in [0.2, 0.25) is 0 Å². The molecule has 7 nitrogen and oxygen atoms in total. The molecule has 1 aliphatic rings. The molecule has 0 unspecified atom stereocenters. The summed E-state index contributed by atoms with van der Waals surface area (Å²) in [4.78, 5) is 38.5. The van der Waals surface area contributed by atoms with Crippen molar-refractivity contribution < 1.29 is 27.9 Å². The summed E-state index contributed by atoms with van der Waals surface area (Å²) in [5, 5.41) is 0.759. The van der Waals surface area contributed by atoms with E-state index in [1.54, 1.807) is 24.0 Å². The minimum atomic E-state index is -0.786. The SMILES string of the molecule is COC(=O)C[C@@H]1CCCN(C(=O)[C@@H](C)Oc2ccc3c(-c4ccc(F)cc4Cl)cc(=O)oc3c2)C1. The van der Waals surface area contributed by atoms with Crippen molar-refractivity contribution in [2.75, 3.05) is 20.2 Å². The molecule has 3 aromatic rings. The van der Waals surface area contributed by atoms with E-state index >= 15 is 0 Å². The second kappa shape index (κ2) is 10.5. The quantitative estimate of drug-likeness (QED) is 0.355. The van der Waals surface area contributed by atoms with Crippen LogP contribution >= 0.6 is 11.6 Å². The first kappa shape index (κ1) is 24.7. The lowest BCUT2D eigenvalue weighted by Crippen LogP contribution is -2.46. The Hall–Kier alpha value is -3.39. The number of rotatable bonds is 6. The van der Waals surface area contributed by atoms with E-state index in [4.69, 9.17) is 25.5 Å². The number of fused-ring (bicyclic) bond motifs is 1. The van der Waals surface area contributed by atoms with Crippen LogP contribution < -0.4 is 10.4 Å². The van der Waals surface area contributed by atoms with Gasteiger partial charge in [-0.2, -0.15) is 0 Å². The van der Waals surface area contributed by atoms with Crippen molar-refractivity contribution in [3.63, 3.8) is 0 Å². The van der Waals surface area contributed by atoms with Crippen LogP contribution in [0.2, 0.25) is 5.02 Å². The van der Waals surface area contributed by atoms with Gasteiger partial charge in [0.15, 0.2) is 6.10 Å². The van der Waals surface area contributed by atoms with E-state index in [0.717, 1.165) is 12.8 Å². The number of hydrogen-bond acceptors (Lipinski definition) is 6. The number of methoxy groups -OCH3 is 1. The maximum Gasteiger partial charge on any atom is 0.336 e. The zero-order valence-corrected chi connectivity index (χ0v) is 20.1. The van der Waals surface area contributed by atoms with E-state index in [1.807, 2.05) is 0 Å². The van der Waals surface area contributed by atoms with E-state index in [1.165, 1.54) is 37.4 Å². The second-order valence-corrected chi connectivity index (χ2v) is 9.00. The number of likely N-dealkylation sites (tertiary alicyclic amines) is 1. The Balaban J connectivity index is 1.53. The van der Waals surface area contributed by atoms with E-state index in [9.17, 15) is 18.8 Å². The molecular weight excluding hydrogens is 477 g/mol. The van der Waals surface area contributed by atoms with Crippen LogP contribution in [-0.2, 0) is 14.3 Å². The molecule has 1 aliphatic heterocycles.